The molecule has 0 aliphatic carbocycles. The van der Waals surface area contributed by atoms with Crippen molar-refractivity contribution in [3.8, 4) is 0 Å². The Labute approximate surface area is 155 Å². The lowest BCUT2D eigenvalue weighted by atomic mass is 10.1. The molecule has 7 nitrogen and oxygen atoms in total. The highest BCUT2D eigenvalue weighted by Crippen LogP contribution is 2.27. The fourth-order valence-electron chi connectivity index (χ4n) is 2.73. The number of methoxy groups -OCH3 is 1. The van der Waals surface area contributed by atoms with Gasteiger partial charge in [0.15, 0.2) is 0 Å². The number of benzene rings is 1. The average molecular weight is 363 g/mol. The van der Waals surface area contributed by atoms with Gasteiger partial charge in [-0.1, -0.05) is 0 Å². The Kier molecular flexibility index (Phi) is 6.47. The monoisotopic (exact) mass is 363 g/mol. The summed E-state index contributed by atoms with van der Waals surface area (Å²) in [5.74, 6) is -0.312. The minimum atomic E-state index is -0.573. The lowest BCUT2D eigenvalue weighted by molar-refractivity contribution is -0.139. The molecule has 0 saturated carbocycles. The summed E-state index contributed by atoms with van der Waals surface area (Å²) in [5.41, 5.74) is 1.90. The van der Waals surface area contributed by atoms with E-state index in [0.717, 1.165) is 37.4 Å². The highest BCUT2D eigenvalue weighted by atomic mass is 16.6. The standard InChI is InChI=1S/C19H29N3O4/c1-19(2,3)26-18(24)21(4)15-10-14(12-17(23)25-5)11-16(13-15)22-8-6-20-7-9-22/h10-11,13,20H,6-9,12H2,1-5H3. The van der Waals surface area contributed by atoms with Crippen LogP contribution < -0.4 is 15.1 Å². The zero-order valence-corrected chi connectivity index (χ0v) is 16.3. The Morgan fingerprint density at radius 1 is 1.19 bits per heavy atom. The molecule has 144 valence electrons. The molecule has 0 bridgehead atoms. The first-order valence-corrected chi connectivity index (χ1v) is 8.83. The fraction of sp³-hybridized carbons (Fsp3) is 0.579. The van der Waals surface area contributed by atoms with E-state index in [1.165, 1.54) is 12.0 Å². The van der Waals surface area contributed by atoms with Gasteiger partial charge in [-0.05, 0) is 44.5 Å². The second-order valence-corrected chi connectivity index (χ2v) is 7.39. The molecule has 0 unspecified atom stereocenters. The molecule has 1 aromatic carbocycles. The fourth-order valence-corrected chi connectivity index (χ4v) is 2.73. The smallest absolute Gasteiger partial charge is 0.414 e. The van der Waals surface area contributed by atoms with Crippen LogP contribution in [0.5, 0.6) is 0 Å². The molecule has 2 rings (SSSR count). The first-order valence-electron chi connectivity index (χ1n) is 8.83. The summed E-state index contributed by atoms with van der Waals surface area (Å²) in [7, 11) is 3.04. The molecule has 1 aliphatic heterocycles. The Morgan fingerprint density at radius 3 is 2.42 bits per heavy atom. The number of amides is 1. The molecule has 0 spiro atoms. The zero-order valence-electron chi connectivity index (χ0n) is 16.3. The Hall–Kier alpha value is -2.28. The zero-order chi connectivity index (χ0) is 19.3. The quantitative estimate of drug-likeness (QED) is 0.827. The van der Waals surface area contributed by atoms with Crippen molar-refractivity contribution in [2.24, 2.45) is 0 Å². The number of anilines is 2. The average Bonchev–Trinajstić information content (AvgIpc) is 2.60. The Bertz CT molecular complexity index is 649. The van der Waals surface area contributed by atoms with E-state index in [1.54, 1.807) is 7.05 Å². The number of nitrogens with zero attached hydrogens (tertiary/aromatic N) is 2. The Balaban J connectivity index is 2.31. The number of carbonyl (C=O) groups is 2. The van der Waals surface area contributed by atoms with E-state index in [0.29, 0.717) is 5.69 Å². The number of ether oxygens (including phenoxy) is 2. The van der Waals surface area contributed by atoms with Gasteiger partial charge in [-0.3, -0.25) is 9.69 Å². The highest BCUT2D eigenvalue weighted by Gasteiger charge is 2.22. The van der Waals surface area contributed by atoms with E-state index in [-0.39, 0.29) is 12.4 Å². The lowest BCUT2D eigenvalue weighted by Gasteiger charge is -2.31. The molecule has 1 N–H and O–H groups in total. The predicted molar refractivity (Wildman–Crippen MR) is 102 cm³/mol. The summed E-state index contributed by atoms with van der Waals surface area (Å²) < 4.78 is 10.2. The van der Waals surface area contributed by atoms with Crippen molar-refractivity contribution in [2.45, 2.75) is 32.8 Å². The molecule has 0 atom stereocenters. The van der Waals surface area contributed by atoms with Crippen molar-refractivity contribution >= 4 is 23.4 Å². The van der Waals surface area contributed by atoms with E-state index < -0.39 is 11.7 Å². The summed E-state index contributed by atoms with van der Waals surface area (Å²) in [6, 6.07) is 5.76. The van der Waals surface area contributed by atoms with Crippen molar-refractivity contribution in [3.05, 3.63) is 23.8 Å². The molecule has 1 aliphatic rings. The molecule has 1 aromatic rings. The van der Waals surface area contributed by atoms with E-state index in [1.807, 2.05) is 39.0 Å². The molecule has 1 saturated heterocycles. The van der Waals surface area contributed by atoms with Crippen molar-refractivity contribution in [2.75, 3.05) is 50.1 Å². The minimum absolute atomic E-state index is 0.158. The van der Waals surface area contributed by atoms with Crippen LogP contribution in [0.3, 0.4) is 0 Å². The van der Waals surface area contributed by atoms with E-state index in [9.17, 15) is 9.59 Å². The third-order valence-electron chi connectivity index (χ3n) is 4.08. The van der Waals surface area contributed by atoms with E-state index >= 15 is 0 Å². The van der Waals surface area contributed by atoms with Gasteiger partial charge in [0.25, 0.3) is 0 Å². The molecule has 1 amide bonds. The van der Waals surface area contributed by atoms with Gasteiger partial charge in [0.1, 0.15) is 5.60 Å². The van der Waals surface area contributed by atoms with Gasteiger partial charge in [-0.2, -0.15) is 0 Å². The summed E-state index contributed by atoms with van der Waals surface area (Å²) in [5, 5.41) is 3.32. The second kappa shape index (κ2) is 8.40. The maximum atomic E-state index is 12.4. The number of hydrogen-bond acceptors (Lipinski definition) is 6. The molecule has 1 heterocycles. The van der Waals surface area contributed by atoms with Crippen LogP contribution in [0.1, 0.15) is 26.3 Å². The van der Waals surface area contributed by atoms with Gasteiger partial charge < -0.3 is 19.7 Å². The molecule has 0 radical (unpaired) electrons. The lowest BCUT2D eigenvalue weighted by Crippen LogP contribution is -2.43. The van der Waals surface area contributed by atoms with Crippen LogP contribution in [0.15, 0.2) is 18.2 Å². The third-order valence-corrected chi connectivity index (χ3v) is 4.08. The molecule has 26 heavy (non-hydrogen) atoms. The van der Waals surface area contributed by atoms with E-state index in [4.69, 9.17) is 9.47 Å². The summed E-state index contributed by atoms with van der Waals surface area (Å²) in [6.07, 6.45) is -0.273. The van der Waals surface area contributed by atoms with Gasteiger partial charge in [-0.15, -0.1) is 0 Å². The molecular formula is C19H29N3O4. The number of hydrogen-bond donors (Lipinski definition) is 1. The number of rotatable bonds is 4. The van der Waals surface area contributed by atoms with Crippen LogP contribution in [0, 0.1) is 0 Å². The van der Waals surface area contributed by atoms with Gasteiger partial charge in [0, 0.05) is 44.6 Å². The van der Waals surface area contributed by atoms with Crippen molar-refractivity contribution in [1.29, 1.82) is 0 Å². The summed E-state index contributed by atoms with van der Waals surface area (Å²) in [4.78, 5) is 27.9. The maximum absolute atomic E-state index is 12.4. The Morgan fingerprint density at radius 2 is 1.85 bits per heavy atom. The van der Waals surface area contributed by atoms with Crippen LogP contribution >= 0.6 is 0 Å². The van der Waals surface area contributed by atoms with Crippen LogP contribution in [0.4, 0.5) is 16.2 Å². The number of piperazine rings is 1. The maximum Gasteiger partial charge on any atom is 0.414 e. The molecule has 1 fully saturated rings. The normalized spacial score (nSPS) is 14.7. The number of nitrogens with one attached hydrogen (secondary N) is 1. The SMILES string of the molecule is COC(=O)Cc1cc(N2CCNCC2)cc(N(C)C(=O)OC(C)(C)C)c1. The van der Waals surface area contributed by atoms with Crippen molar-refractivity contribution in [1.82, 2.24) is 5.32 Å². The molecule has 7 heteroatoms. The third kappa shape index (κ3) is 5.62. The molecule has 0 aromatic heterocycles. The highest BCUT2D eigenvalue weighted by molar-refractivity contribution is 5.88. The van der Waals surface area contributed by atoms with Gasteiger partial charge >= 0.3 is 12.1 Å². The van der Waals surface area contributed by atoms with Crippen LogP contribution in [0.25, 0.3) is 0 Å². The van der Waals surface area contributed by atoms with Crippen LogP contribution in [-0.4, -0.2) is 58.0 Å². The van der Waals surface area contributed by atoms with Gasteiger partial charge in [-0.25, -0.2) is 4.79 Å². The van der Waals surface area contributed by atoms with Crippen LogP contribution in [-0.2, 0) is 20.7 Å². The minimum Gasteiger partial charge on any atom is -0.469 e. The number of esters is 1. The van der Waals surface area contributed by atoms with Crippen molar-refractivity contribution in [3.63, 3.8) is 0 Å². The summed E-state index contributed by atoms with van der Waals surface area (Å²) in [6.45, 7) is 9.04. The largest absolute Gasteiger partial charge is 0.469 e. The van der Waals surface area contributed by atoms with Crippen LogP contribution in [0.2, 0.25) is 0 Å². The predicted octanol–water partition coefficient (Wildman–Crippen LogP) is 2.18. The second-order valence-electron chi connectivity index (χ2n) is 7.39. The topological polar surface area (TPSA) is 71.1 Å². The van der Waals surface area contributed by atoms with Crippen molar-refractivity contribution < 1.29 is 19.1 Å². The van der Waals surface area contributed by atoms with E-state index in [2.05, 4.69) is 10.2 Å². The number of carbonyl (C=O) groups excluding carboxylic acids is 2. The van der Waals surface area contributed by atoms with Gasteiger partial charge in [0.05, 0.1) is 13.5 Å². The first kappa shape index (κ1) is 20.0. The summed E-state index contributed by atoms with van der Waals surface area (Å²) >= 11 is 0. The van der Waals surface area contributed by atoms with Gasteiger partial charge in [0.2, 0.25) is 0 Å². The molecular weight excluding hydrogens is 334 g/mol. The first-order chi connectivity index (χ1) is 12.2.